The van der Waals surface area contributed by atoms with Crippen molar-refractivity contribution in [3.05, 3.63) is 35.7 Å². The van der Waals surface area contributed by atoms with Gasteiger partial charge in [-0.05, 0) is 38.3 Å². The van der Waals surface area contributed by atoms with Crippen LogP contribution in [0.4, 0.5) is 0 Å². The first kappa shape index (κ1) is 14.1. The molecule has 0 spiro atoms. The number of hydrogen-bond donors (Lipinski definition) is 1. The minimum absolute atomic E-state index is 0.265. The van der Waals surface area contributed by atoms with Gasteiger partial charge in [0.25, 0.3) is 0 Å². The predicted octanol–water partition coefficient (Wildman–Crippen LogP) is 3.63. The summed E-state index contributed by atoms with van der Waals surface area (Å²) in [5.41, 5.74) is 2.70. The van der Waals surface area contributed by atoms with Gasteiger partial charge < -0.3 is 10.1 Å². The number of aromatic nitrogens is 1. The van der Waals surface area contributed by atoms with Crippen molar-refractivity contribution in [3.63, 3.8) is 0 Å². The molecule has 19 heavy (non-hydrogen) atoms. The zero-order valence-corrected chi connectivity index (χ0v) is 12.0. The monoisotopic (exact) mass is 260 g/mol. The van der Waals surface area contributed by atoms with E-state index < -0.39 is 0 Å². The molecule has 0 saturated heterocycles. The highest BCUT2D eigenvalue weighted by molar-refractivity contribution is 5.38. The average Bonchev–Trinajstić information content (AvgIpc) is 2.74. The van der Waals surface area contributed by atoms with Gasteiger partial charge in [-0.3, -0.25) is 4.98 Å². The van der Waals surface area contributed by atoms with Crippen LogP contribution >= 0.6 is 0 Å². The Morgan fingerprint density at radius 2 is 2.26 bits per heavy atom. The number of methoxy groups -OCH3 is 1. The van der Waals surface area contributed by atoms with E-state index in [1.807, 2.05) is 6.20 Å². The molecule has 1 aliphatic carbocycles. The summed E-state index contributed by atoms with van der Waals surface area (Å²) in [6, 6.07) is 2.33. The number of hydrogen-bond acceptors (Lipinski definition) is 3. The molecule has 1 aromatic rings. The van der Waals surface area contributed by atoms with Crippen LogP contribution < -0.4 is 10.1 Å². The Hall–Kier alpha value is -1.35. The van der Waals surface area contributed by atoms with Gasteiger partial charge in [0, 0.05) is 11.8 Å². The summed E-state index contributed by atoms with van der Waals surface area (Å²) in [5.74, 6) is 0.874. The lowest BCUT2D eigenvalue weighted by molar-refractivity contribution is 0.401. The number of nitrogens with one attached hydrogen (secondary N) is 1. The summed E-state index contributed by atoms with van der Waals surface area (Å²) in [4.78, 5) is 4.15. The molecular weight excluding hydrogens is 236 g/mol. The highest BCUT2D eigenvalue weighted by Crippen LogP contribution is 2.33. The summed E-state index contributed by atoms with van der Waals surface area (Å²) in [6.45, 7) is 3.10. The van der Waals surface area contributed by atoms with Gasteiger partial charge in [-0.25, -0.2) is 0 Å². The molecule has 2 rings (SSSR count). The summed E-state index contributed by atoms with van der Waals surface area (Å²) in [7, 11) is 1.71. The van der Waals surface area contributed by atoms with E-state index in [0.717, 1.165) is 12.3 Å². The Bertz CT molecular complexity index is 429. The SMILES string of the molecule is CCNC(C1=CCCCCC1)c1ccncc1OC. The maximum atomic E-state index is 5.46. The Labute approximate surface area is 116 Å². The van der Waals surface area contributed by atoms with Crippen LogP contribution in [-0.2, 0) is 0 Å². The quantitative estimate of drug-likeness (QED) is 0.821. The van der Waals surface area contributed by atoms with Crippen LogP contribution in [0.15, 0.2) is 30.1 Å². The first-order chi connectivity index (χ1) is 9.36. The van der Waals surface area contributed by atoms with E-state index in [4.69, 9.17) is 4.74 Å². The standard InChI is InChI=1S/C16H24N2O/c1-3-18-16(13-8-6-4-5-7-9-13)14-10-11-17-12-15(14)19-2/h8,10-12,16,18H,3-7,9H2,1-2H3. The molecule has 0 aromatic carbocycles. The van der Waals surface area contributed by atoms with E-state index in [1.165, 1.54) is 43.2 Å². The number of rotatable bonds is 5. The Kier molecular flexibility index (Phi) is 5.40. The third-order valence-corrected chi connectivity index (χ3v) is 3.70. The summed E-state index contributed by atoms with van der Waals surface area (Å²) < 4.78 is 5.46. The lowest BCUT2D eigenvalue weighted by Gasteiger charge is -2.23. The van der Waals surface area contributed by atoms with Gasteiger partial charge in [-0.1, -0.05) is 25.0 Å². The number of nitrogens with zero attached hydrogens (tertiary/aromatic N) is 1. The van der Waals surface area contributed by atoms with E-state index in [0.29, 0.717) is 0 Å². The van der Waals surface area contributed by atoms with E-state index in [1.54, 1.807) is 13.3 Å². The van der Waals surface area contributed by atoms with Crippen LogP contribution in [0.25, 0.3) is 0 Å². The number of likely N-dealkylation sites (N-methyl/N-ethyl adjacent to an activating group) is 1. The second-order valence-corrected chi connectivity index (χ2v) is 4.99. The molecule has 1 N–H and O–H groups in total. The maximum Gasteiger partial charge on any atom is 0.142 e. The second kappa shape index (κ2) is 7.29. The minimum Gasteiger partial charge on any atom is -0.495 e. The fourth-order valence-corrected chi connectivity index (χ4v) is 2.75. The molecule has 0 aliphatic heterocycles. The highest BCUT2D eigenvalue weighted by Gasteiger charge is 2.20. The van der Waals surface area contributed by atoms with Crippen LogP contribution in [0.1, 0.15) is 50.6 Å². The largest absolute Gasteiger partial charge is 0.495 e. The minimum atomic E-state index is 0.265. The normalized spacial score (nSPS) is 17.5. The van der Waals surface area contributed by atoms with Crippen molar-refractivity contribution in [1.29, 1.82) is 0 Å². The first-order valence-corrected chi connectivity index (χ1v) is 7.27. The first-order valence-electron chi connectivity index (χ1n) is 7.27. The van der Waals surface area contributed by atoms with Gasteiger partial charge in [0.2, 0.25) is 0 Å². The van der Waals surface area contributed by atoms with Crippen molar-refractivity contribution < 1.29 is 4.74 Å². The molecule has 0 bridgehead atoms. The summed E-state index contributed by atoms with van der Waals surface area (Å²) in [6.07, 6.45) is 12.4. The Morgan fingerprint density at radius 1 is 1.37 bits per heavy atom. The number of pyridine rings is 1. The van der Waals surface area contributed by atoms with Crippen molar-refractivity contribution >= 4 is 0 Å². The van der Waals surface area contributed by atoms with Crippen molar-refractivity contribution in [3.8, 4) is 5.75 Å². The molecule has 3 nitrogen and oxygen atoms in total. The molecule has 0 saturated carbocycles. The molecule has 0 radical (unpaired) electrons. The van der Waals surface area contributed by atoms with Gasteiger partial charge in [0.05, 0.1) is 19.3 Å². The summed E-state index contributed by atoms with van der Waals surface area (Å²) >= 11 is 0. The lowest BCUT2D eigenvalue weighted by atomic mass is 9.95. The van der Waals surface area contributed by atoms with Crippen molar-refractivity contribution in [2.24, 2.45) is 0 Å². The Balaban J connectivity index is 2.30. The topological polar surface area (TPSA) is 34.2 Å². The lowest BCUT2D eigenvalue weighted by Crippen LogP contribution is -2.23. The van der Waals surface area contributed by atoms with E-state index in [-0.39, 0.29) is 6.04 Å². The number of ether oxygens (including phenoxy) is 1. The van der Waals surface area contributed by atoms with E-state index >= 15 is 0 Å². The van der Waals surface area contributed by atoms with Crippen molar-refractivity contribution in [1.82, 2.24) is 10.3 Å². The smallest absolute Gasteiger partial charge is 0.142 e. The zero-order chi connectivity index (χ0) is 13.5. The fraction of sp³-hybridized carbons (Fsp3) is 0.562. The average molecular weight is 260 g/mol. The predicted molar refractivity (Wildman–Crippen MR) is 78.4 cm³/mol. The van der Waals surface area contributed by atoms with E-state index in [2.05, 4.69) is 29.4 Å². The molecule has 0 fully saturated rings. The van der Waals surface area contributed by atoms with Crippen LogP contribution in [-0.4, -0.2) is 18.6 Å². The zero-order valence-electron chi connectivity index (χ0n) is 12.0. The fourth-order valence-electron chi connectivity index (χ4n) is 2.75. The van der Waals surface area contributed by atoms with Crippen LogP contribution in [0.2, 0.25) is 0 Å². The Morgan fingerprint density at radius 3 is 3.05 bits per heavy atom. The van der Waals surface area contributed by atoms with E-state index in [9.17, 15) is 0 Å². The van der Waals surface area contributed by atoms with Crippen LogP contribution in [0.5, 0.6) is 5.75 Å². The third kappa shape index (κ3) is 3.57. The van der Waals surface area contributed by atoms with Crippen molar-refractivity contribution in [2.75, 3.05) is 13.7 Å². The number of allylic oxidation sites excluding steroid dienone is 1. The highest BCUT2D eigenvalue weighted by atomic mass is 16.5. The van der Waals surface area contributed by atoms with Gasteiger partial charge in [0.1, 0.15) is 5.75 Å². The summed E-state index contributed by atoms with van der Waals surface area (Å²) in [5, 5.41) is 3.60. The third-order valence-electron chi connectivity index (χ3n) is 3.70. The van der Waals surface area contributed by atoms with Crippen molar-refractivity contribution in [2.45, 2.75) is 45.1 Å². The van der Waals surface area contributed by atoms with Gasteiger partial charge in [0.15, 0.2) is 0 Å². The molecule has 104 valence electrons. The molecule has 1 atom stereocenters. The van der Waals surface area contributed by atoms with Crippen LogP contribution in [0, 0.1) is 0 Å². The second-order valence-electron chi connectivity index (χ2n) is 4.99. The van der Waals surface area contributed by atoms with Crippen LogP contribution in [0.3, 0.4) is 0 Å². The molecule has 1 unspecified atom stereocenters. The van der Waals surface area contributed by atoms with Gasteiger partial charge in [-0.2, -0.15) is 0 Å². The van der Waals surface area contributed by atoms with Gasteiger partial charge in [-0.15, -0.1) is 0 Å². The molecule has 1 aliphatic rings. The molecule has 3 heteroatoms. The molecule has 0 amide bonds. The maximum absolute atomic E-state index is 5.46. The molecular formula is C16H24N2O. The molecule has 1 heterocycles. The van der Waals surface area contributed by atoms with Gasteiger partial charge >= 0.3 is 0 Å². The molecule has 1 aromatic heterocycles.